The summed E-state index contributed by atoms with van der Waals surface area (Å²) < 4.78 is 0. The van der Waals surface area contributed by atoms with Gasteiger partial charge in [0.05, 0.1) is 12.5 Å². The van der Waals surface area contributed by atoms with E-state index in [4.69, 9.17) is 10.8 Å². The van der Waals surface area contributed by atoms with Crippen LogP contribution in [0, 0.1) is 5.92 Å². The molecule has 74 valence electrons. The summed E-state index contributed by atoms with van der Waals surface area (Å²) in [5, 5.41) is 8.64. The lowest BCUT2D eigenvalue weighted by Crippen LogP contribution is -2.34. The van der Waals surface area contributed by atoms with Gasteiger partial charge in [0.25, 0.3) is 0 Å². The molecule has 2 atom stereocenters. The van der Waals surface area contributed by atoms with Gasteiger partial charge in [0.2, 0.25) is 5.91 Å². The van der Waals surface area contributed by atoms with Crippen LogP contribution in [-0.4, -0.2) is 42.2 Å². The minimum Gasteiger partial charge on any atom is -0.395 e. The molecule has 1 amide bonds. The van der Waals surface area contributed by atoms with Crippen molar-refractivity contribution < 1.29 is 9.90 Å². The van der Waals surface area contributed by atoms with Crippen LogP contribution >= 0.6 is 0 Å². The normalized spacial score (nSPS) is 26.4. The predicted octanol–water partition coefficient (Wildman–Crippen LogP) is -0.659. The van der Waals surface area contributed by atoms with Crippen LogP contribution in [0.1, 0.15) is 6.42 Å². The number of nitrogens with two attached hydrogens (primary N) is 1. The molecular formula is C9H16N2O2. The Bertz CT molecular complexity index is 216. The molecule has 4 nitrogen and oxygen atoms in total. The van der Waals surface area contributed by atoms with E-state index in [9.17, 15) is 4.79 Å². The van der Waals surface area contributed by atoms with Crippen molar-refractivity contribution in [3.8, 4) is 0 Å². The minimum absolute atomic E-state index is 0.00469. The highest BCUT2D eigenvalue weighted by Crippen LogP contribution is 2.18. The van der Waals surface area contributed by atoms with Crippen molar-refractivity contribution in [2.75, 3.05) is 20.2 Å². The maximum Gasteiger partial charge on any atom is 0.229 e. The predicted molar refractivity (Wildman–Crippen MR) is 49.9 cm³/mol. The standard InChI is InChI=1S/C9H16N2O2/c1-11(4-5-12)9(13)7-2-3-8(10)6-7/h2-3,7-8,12H,4-6,10H2,1H3. The van der Waals surface area contributed by atoms with Crippen molar-refractivity contribution >= 4 is 5.91 Å². The summed E-state index contributed by atoms with van der Waals surface area (Å²) in [6, 6.07) is 0.0106. The van der Waals surface area contributed by atoms with Crippen LogP contribution in [0.5, 0.6) is 0 Å². The maximum absolute atomic E-state index is 11.6. The van der Waals surface area contributed by atoms with E-state index in [0.29, 0.717) is 13.0 Å². The molecule has 2 unspecified atom stereocenters. The van der Waals surface area contributed by atoms with Crippen LogP contribution in [-0.2, 0) is 4.79 Å². The first kappa shape index (κ1) is 10.2. The van der Waals surface area contributed by atoms with Gasteiger partial charge in [0.15, 0.2) is 0 Å². The fourth-order valence-electron chi connectivity index (χ4n) is 1.45. The summed E-state index contributed by atoms with van der Waals surface area (Å²) in [7, 11) is 1.69. The number of hydrogen-bond acceptors (Lipinski definition) is 3. The van der Waals surface area contributed by atoms with E-state index in [1.807, 2.05) is 12.2 Å². The number of hydrogen-bond donors (Lipinski definition) is 2. The zero-order valence-electron chi connectivity index (χ0n) is 7.81. The Hall–Kier alpha value is -0.870. The Morgan fingerprint density at radius 1 is 1.69 bits per heavy atom. The van der Waals surface area contributed by atoms with E-state index in [1.165, 1.54) is 4.90 Å². The van der Waals surface area contributed by atoms with Gasteiger partial charge in [-0.05, 0) is 6.42 Å². The quantitative estimate of drug-likeness (QED) is 0.572. The molecule has 1 aliphatic rings. The average molecular weight is 184 g/mol. The number of likely N-dealkylation sites (N-methyl/N-ethyl adjacent to an activating group) is 1. The summed E-state index contributed by atoms with van der Waals surface area (Å²) >= 11 is 0. The molecule has 0 radical (unpaired) electrons. The van der Waals surface area contributed by atoms with Gasteiger partial charge in [0, 0.05) is 19.6 Å². The van der Waals surface area contributed by atoms with Gasteiger partial charge in [-0.2, -0.15) is 0 Å². The Labute approximate surface area is 78.0 Å². The molecule has 0 fully saturated rings. The van der Waals surface area contributed by atoms with Gasteiger partial charge < -0.3 is 15.7 Å². The second-order valence-electron chi connectivity index (χ2n) is 3.37. The fraction of sp³-hybridized carbons (Fsp3) is 0.667. The monoisotopic (exact) mass is 184 g/mol. The van der Waals surface area contributed by atoms with Crippen LogP contribution in [0.4, 0.5) is 0 Å². The van der Waals surface area contributed by atoms with E-state index in [-0.39, 0.29) is 24.5 Å². The number of carbonyl (C=O) groups excluding carboxylic acids is 1. The van der Waals surface area contributed by atoms with E-state index in [2.05, 4.69) is 0 Å². The zero-order chi connectivity index (χ0) is 9.84. The maximum atomic E-state index is 11.6. The minimum atomic E-state index is -0.0912. The number of rotatable bonds is 3. The van der Waals surface area contributed by atoms with Gasteiger partial charge in [0.1, 0.15) is 0 Å². The highest BCUT2D eigenvalue weighted by Gasteiger charge is 2.24. The highest BCUT2D eigenvalue weighted by atomic mass is 16.3. The molecule has 3 N–H and O–H groups in total. The van der Waals surface area contributed by atoms with Crippen LogP contribution in [0.3, 0.4) is 0 Å². The van der Waals surface area contributed by atoms with Crippen molar-refractivity contribution in [1.82, 2.24) is 4.90 Å². The molecule has 13 heavy (non-hydrogen) atoms. The molecule has 1 aliphatic carbocycles. The Balaban J connectivity index is 2.44. The second kappa shape index (κ2) is 4.39. The molecule has 0 heterocycles. The summed E-state index contributed by atoms with van der Waals surface area (Å²) in [6.07, 6.45) is 4.39. The van der Waals surface area contributed by atoms with Gasteiger partial charge in [-0.25, -0.2) is 0 Å². The van der Waals surface area contributed by atoms with Crippen LogP contribution < -0.4 is 5.73 Å². The molecule has 0 aliphatic heterocycles. The lowest BCUT2D eigenvalue weighted by atomic mass is 10.1. The van der Waals surface area contributed by atoms with Crippen molar-refractivity contribution in [2.45, 2.75) is 12.5 Å². The topological polar surface area (TPSA) is 66.6 Å². The lowest BCUT2D eigenvalue weighted by Gasteiger charge is -2.19. The summed E-state index contributed by atoms with van der Waals surface area (Å²) in [5.74, 6) is -0.0511. The highest BCUT2D eigenvalue weighted by molar-refractivity contribution is 5.81. The first-order chi connectivity index (χ1) is 6.15. The fourth-order valence-corrected chi connectivity index (χ4v) is 1.45. The molecule has 0 saturated carbocycles. The number of aliphatic hydroxyl groups is 1. The molecule has 0 aromatic rings. The zero-order valence-corrected chi connectivity index (χ0v) is 7.81. The van der Waals surface area contributed by atoms with E-state index in [1.54, 1.807) is 7.05 Å². The summed E-state index contributed by atoms with van der Waals surface area (Å²) in [4.78, 5) is 13.1. The number of aliphatic hydroxyl groups excluding tert-OH is 1. The van der Waals surface area contributed by atoms with Crippen LogP contribution in [0.15, 0.2) is 12.2 Å². The lowest BCUT2D eigenvalue weighted by molar-refractivity contribution is -0.133. The third-order valence-corrected chi connectivity index (χ3v) is 2.25. The van der Waals surface area contributed by atoms with Crippen molar-refractivity contribution in [3.05, 3.63) is 12.2 Å². The van der Waals surface area contributed by atoms with E-state index < -0.39 is 0 Å². The van der Waals surface area contributed by atoms with Crippen molar-refractivity contribution in [3.63, 3.8) is 0 Å². The molecule has 0 aromatic heterocycles. The first-order valence-corrected chi connectivity index (χ1v) is 4.45. The molecule has 1 rings (SSSR count). The van der Waals surface area contributed by atoms with Crippen molar-refractivity contribution in [2.24, 2.45) is 11.7 Å². The van der Waals surface area contributed by atoms with Crippen LogP contribution in [0.2, 0.25) is 0 Å². The van der Waals surface area contributed by atoms with Gasteiger partial charge >= 0.3 is 0 Å². The van der Waals surface area contributed by atoms with Gasteiger partial charge in [-0.15, -0.1) is 0 Å². The second-order valence-corrected chi connectivity index (χ2v) is 3.37. The third kappa shape index (κ3) is 2.54. The van der Waals surface area contributed by atoms with E-state index >= 15 is 0 Å². The molecule has 4 heteroatoms. The van der Waals surface area contributed by atoms with Gasteiger partial charge in [-0.1, -0.05) is 12.2 Å². The Morgan fingerprint density at radius 3 is 2.85 bits per heavy atom. The summed E-state index contributed by atoms with van der Waals surface area (Å²) in [5.41, 5.74) is 5.63. The Kier molecular flexibility index (Phi) is 3.45. The van der Waals surface area contributed by atoms with E-state index in [0.717, 1.165) is 0 Å². The SMILES string of the molecule is CN(CCO)C(=O)C1C=CC(N)C1. The number of carbonyl (C=O) groups is 1. The van der Waals surface area contributed by atoms with Gasteiger partial charge in [-0.3, -0.25) is 4.79 Å². The Morgan fingerprint density at radius 2 is 2.38 bits per heavy atom. The smallest absolute Gasteiger partial charge is 0.229 e. The number of amides is 1. The largest absolute Gasteiger partial charge is 0.395 e. The first-order valence-electron chi connectivity index (χ1n) is 4.45. The molecule has 0 saturated heterocycles. The molecule has 0 spiro atoms. The third-order valence-electron chi connectivity index (χ3n) is 2.25. The number of nitrogens with zero attached hydrogens (tertiary/aromatic N) is 1. The summed E-state index contributed by atoms with van der Waals surface area (Å²) in [6.45, 7) is 0.392. The molecular weight excluding hydrogens is 168 g/mol. The molecule has 0 bridgehead atoms. The van der Waals surface area contributed by atoms with Crippen molar-refractivity contribution in [1.29, 1.82) is 0 Å². The average Bonchev–Trinajstić information content (AvgIpc) is 2.51. The van der Waals surface area contributed by atoms with Crippen LogP contribution in [0.25, 0.3) is 0 Å². The molecule has 0 aromatic carbocycles.